The van der Waals surface area contributed by atoms with Crippen molar-refractivity contribution in [3.05, 3.63) is 88.1 Å². The van der Waals surface area contributed by atoms with Gasteiger partial charge in [0.1, 0.15) is 0 Å². The topological polar surface area (TPSA) is 20.3 Å². The molecule has 0 saturated heterocycles. The van der Waals surface area contributed by atoms with Gasteiger partial charge in [-0.15, -0.1) is 11.3 Å². The first-order valence-corrected chi connectivity index (χ1v) is 9.84. The number of anilines is 1. The molecule has 0 spiro atoms. The standard InChI is InChI=1S/C23H23NOS/c1-22(2)16-23(3,17-10-5-4-6-11-17)18-12-7-8-13-19(18)24(22)21(25)20-14-9-15-26-20/h4-15H,16H2,1-3H3/t23-/m0/s1. The SMILES string of the molecule is CC1(C)C[C@@](C)(c2ccccc2)c2ccccc2N1C(=O)c1cccs1. The van der Waals surface area contributed by atoms with E-state index >= 15 is 0 Å². The van der Waals surface area contributed by atoms with Crippen molar-refractivity contribution >= 4 is 22.9 Å². The van der Waals surface area contributed by atoms with Crippen molar-refractivity contribution in [3.63, 3.8) is 0 Å². The van der Waals surface area contributed by atoms with Gasteiger partial charge in [-0.3, -0.25) is 4.79 Å². The van der Waals surface area contributed by atoms with Crippen LogP contribution in [-0.2, 0) is 5.41 Å². The number of fused-ring (bicyclic) bond motifs is 1. The second kappa shape index (κ2) is 6.10. The van der Waals surface area contributed by atoms with E-state index in [9.17, 15) is 4.79 Å². The van der Waals surface area contributed by atoms with E-state index in [2.05, 4.69) is 69.3 Å². The van der Waals surface area contributed by atoms with Gasteiger partial charge in [0.15, 0.2) is 0 Å². The van der Waals surface area contributed by atoms with E-state index in [1.54, 1.807) is 0 Å². The molecule has 1 aromatic heterocycles. The predicted octanol–water partition coefficient (Wildman–Crippen LogP) is 5.88. The number of nitrogens with zero attached hydrogens (tertiary/aromatic N) is 1. The lowest BCUT2D eigenvalue weighted by Crippen LogP contribution is -2.55. The van der Waals surface area contributed by atoms with Crippen LogP contribution in [0.5, 0.6) is 0 Å². The molecule has 2 aromatic carbocycles. The maximum absolute atomic E-state index is 13.3. The van der Waals surface area contributed by atoms with Crippen LogP contribution in [0.1, 0.15) is 48.0 Å². The Morgan fingerprint density at radius 3 is 2.31 bits per heavy atom. The summed E-state index contributed by atoms with van der Waals surface area (Å²) in [6.45, 7) is 6.65. The van der Waals surface area contributed by atoms with Gasteiger partial charge < -0.3 is 4.90 Å². The van der Waals surface area contributed by atoms with Crippen molar-refractivity contribution in [3.8, 4) is 0 Å². The fraction of sp³-hybridized carbons (Fsp3) is 0.261. The number of hydrogen-bond donors (Lipinski definition) is 0. The lowest BCUT2D eigenvalue weighted by molar-refractivity contribution is 0.0953. The fourth-order valence-corrected chi connectivity index (χ4v) is 5.11. The summed E-state index contributed by atoms with van der Waals surface area (Å²) in [5.41, 5.74) is 3.11. The lowest BCUT2D eigenvalue weighted by Gasteiger charge is -2.51. The normalized spacial score (nSPS) is 21.3. The first-order chi connectivity index (χ1) is 12.4. The molecule has 0 unspecified atom stereocenters. The van der Waals surface area contributed by atoms with E-state index in [1.807, 2.05) is 28.5 Å². The van der Waals surface area contributed by atoms with Crippen LogP contribution < -0.4 is 4.90 Å². The number of carbonyl (C=O) groups is 1. The summed E-state index contributed by atoms with van der Waals surface area (Å²) in [6, 6.07) is 22.9. The predicted molar refractivity (Wildman–Crippen MR) is 109 cm³/mol. The van der Waals surface area contributed by atoms with Crippen LogP contribution in [0, 0.1) is 0 Å². The number of benzene rings is 2. The third-order valence-corrected chi connectivity index (χ3v) is 6.33. The van der Waals surface area contributed by atoms with E-state index in [4.69, 9.17) is 0 Å². The second-order valence-electron chi connectivity index (χ2n) is 7.82. The van der Waals surface area contributed by atoms with Gasteiger partial charge in [-0.2, -0.15) is 0 Å². The zero-order valence-corrected chi connectivity index (χ0v) is 16.2. The highest BCUT2D eigenvalue weighted by Crippen LogP contribution is 2.50. The Balaban J connectivity index is 1.91. The van der Waals surface area contributed by atoms with Gasteiger partial charge in [0, 0.05) is 16.6 Å². The maximum Gasteiger partial charge on any atom is 0.268 e. The molecule has 3 aromatic rings. The number of amides is 1. The first kappa shape index (κ1) is 17.0. The Kier molecular flexibility index (Phi) is 4.00. The van der Waals surface area contributed by atoms with Gasteiger partial charge in [0.05, 0.1) is 4.88 Å². The van der Waals surface area contributed by atoms with E-state index < -0.39 is 0 Å². The molecule has 0 bridgehead atoms. The van der Waals surface area contributed by atoms with Crippen molar-refractivity contribution in [1.82, 2.24) is 0 Å². The average molecular weight is 362 g/mol. The van der Waals surface area contributed by atoms with E-state index in [-0.39, 0.29) is 16.9 Å². The molecule has 1 aliphatic heterocycles. The molecule has 132 valence electrons. The van der Waals surface area contributed by atoms with Crippen LogP contribution in [0.4, 0.5) is 5.69 Å². The molecule has 2 nitrogen and oxygen atoms in total. The zero-order valence-electron chi connectivity index (χ0n) is 15.4. The molecule has 0 aliphatic carbocycles. The van der Waals surface area contributed by atoms with Gasteiger partial charge >= 0.3 is 0 Å². The van der Waals surface area contributed by atoms with Crippen LogP contribution in [0.2, 0.25) is 0 Å². The van der Waals surface area contributed by atoms with Gasteiger partial charge in [-0.05, 0) is 48.9 Å². The molecule has 1 amide bonds. The molecule has 0 fully saturated rings. The highest BCUT2D eigenvalue weighted by molar-refractivity contribution is 7.12. The first-order valence-electron chi connectivity index (χ1n) is 8.97. The quantitative estimate of drug-likeness (QED) is 0.558. The summed E-state index contributed by atoms with van der Waals surface area (Å²) in [6.07, 6.45) is 0.873. The van der Waals surface area contributed by atoms with Crippen LogP contribution in [0.3, 0.4) is 0 Å². The average Bonchev–Trinajstić information content (AvgIpc) is 3.16. The number of hydrogen-bond acceptors (Lipinski definition) is 2. The molecule has 1 atom stereocenters. The van der Waals surface area contributed by atoms with E-state index in [0.717, 1.165) is 17.0 Å². The highest BCUT2D eigenvalue weighted by atomic mass is 32.1. The molecular weight excluding hydrogens is 338 g/mol. The number of rotatable bonds is 2. The summed E-state index contributed by atoms with van der Waals surface area (Å²) in [4.78, 5) is 16.1. The maximum atomic E-state index is 13.3. The Labute approximate surface area is 159 Å². The summed E-state index contributed by atoms with van der Waals surface area (Å²) in [7, 11) is 0. The minimum Gasteiger partial charge on any atom is -0.302 e. The van der Waals surface area contributed by atoms with Gasteiger partial charge in [-0.25, -0.2) is 0 Å². The van der Waals surface area contributed by atoms with Crippen molar-refractivity contribution < 1.29 is 4.79 Å². The third kappa shape index (κ3) is 2.58. The van der Waals surface area contributed by atoms with Crippen LogP contribution in [0.25, 0.3) is 0 Å². The molecule has 1 aliphatic rings. The third-order valence-electron chi connectivity index (χ3n) is 5.48. The van der Waals surface area contributed by atoms with Crippen molar-refractivity contribution in [2.24, 2.45) is 0 Å². The van der Waals surface area contributed by atoms with Gasteiger partial charge in [0.25, 0.3) is 5.91 Å². The molecule has 3 heteroatoms. The number of thiophene rings is 1. The Morgan fingerprint density at radius 2 is 1.62 bits per heavy atom. The Bertz CT molecular complexity index is 930. The Hall–Kier alpha value is -2.39. The number of carbonyl (C=O) groups excluding carboxylic acids is 1. The highest BCUT2D eigenvalue weighted by Gasteiger charge is 2.47. The molecular formula is C23H23NOS. The van der Waals surface area contributed by atoms with E-state index in [0.29, 0.717) is 0 Å². The van der Waals surface area contributed by atoms with Crippen molar-refractivity contribution in [2.75, 3.05) is 4.90 Å². The van der Waals surface area contributed by atoms with Crippen LogP contribution in [-0.4, -0.2) is 11.4 Å². The minimum absolute atomic E-state index is 0.0903. The molecule has 0 N–H and O–H groups in total. The van der Waals surface area contributed by atoms with Crippen LogP contribution in [0.15, 0.2) is 72.1 Å². The smallest absolute Gasteiger partial charge is 0.268 e. The fourth-order valence-electron chi connectivity index (χ4n) is 4.46. The largest absolute Gasteiger partial charge is 0.302 e. The summed E-state index contributed by atoms with van der Waals surface area (Å²) < 4.78 is 0. The van der Waals surface area contributed by atoms with E-state index in [1.165, 1.54) is 22.5 Å². The number of para-hydroxylation sites is 1. The molecule has 4 rings (SSSR count). The molecule has 0 saturated carbocycles. The second-order valence-corrected chi connectivity index (χ2v) is 8.77. The monoisotopic (exact) mass is 361 g/mol. The molecule has 2 heterocycles. The van der Waals surface area contributed by atoms with Crippen molar-refractivity contribution in [1.29, 1.82) is 0 Å². The summed E-state index contributed by atoms with van der Waals surface area (Å²) >= 11 is 1.51. The zero-order chi connectivity index (χ0) is 18.4. The van der Waals surface area contributed by atoms with Gasteiger partial charge in [-0.1, -0.05) is 61.5 Å². The van der Waals surface area contributed by atoms with Crippen molar-refractivity contribution in [2.45, 2.75) is 38.1 Å². The van der Waals surface area contributed by atoms with Gasteiger partial charge in [0.2, 0.25) is 0 Å². The molecule has 26 heavy (non-hydrogen) atoms. The summed E-state index contributed by atoms with van der Waals surface area (Å²) in [5, 5.41) is 1.96. The van der Waals surface area contributed by atoms with Crippen LogP contribution >= 0.6 is 11.3 Å². The Morgan fingerprint density at radius 1 is 0.923 bits per heavy atom. The lowest BCUT2D eigenvalue weighted by atomic mass is 9.65. The minimum atomic E-state index is -0.292. The molecule has 0 radical (unpaired) electrons. The summed E-state index contributed by atoms with van der Waals surface area (Å²) in [5.74, 6) is 0.0903.